The normalized spacial score (nSPS) is 11.5. The molecule has 0 atom stereocenters. The summed E-state index contributed by atoms with van der Waals surface area (Å²) in [5, 5.41) is 0. The van der Waals surface area contributed by atoms with Crippen molar-refractivity contribution in [3.8, 4) is 0 Å². The van der Waals surface area contributed by atoms with Crippen molar-refractivity contribution in [3.63, 3.8) is 0 Å². The first-order chi connectivity index (χ1) is 25.0. The average molecular weight is 881 g/mol. The fourth-order valence-electron chi connectivity index (χ4n) is 5.65. The molecule has 1 nitrogen and oxygen atoms in total. The van der Waals surface area contributed by atoms with Crippen molar-refractivity contribution in [1.29, 1.82) is 0 Å². The number of nitrogens with one attached hydrogen (secondary N) is 1. The Morgan fingerprint density at radius 2 is 0.455 bits per heavy atom. The van der Waals surface area contributed by atoms with Crippen LogP contribution in [-0.2, 0) is 0 Å². The van der Waals surface area contributed by atoms with Gasteiger partial charge < -0.3 is 21.9 Å². The van der Waals surface area contributed by atoms with E-state index in [0.717, 1.165) is 0 Å². The van der Waals surface area contributed by atoms with Crippen LogP contribution in [0.3, 0.4) is 0 Å². The molecule has 1 N–H and O–H groups in total. The summed E-state index contributed by atoms with van der Waals surface area (Å²) in [6, 6.07) is 10.4. The van der Waals surface area contributed by atoms with Crippen molar-refractivity contribution in [2.45, 2.75) is 0 Å². The zero-order valence-corrected chi connectivity index (χ0v) is 28.0. The lowest BCUT2D eigenvalue weighted by Gasteiger charge is -2.44. The lowest BCUT2D eigenvalue weighted by molar-refractivity contribution is -0.786. The Labute approximate surface area is 304 Å². The minimum Gasteiger partial charge on any atom is -1.00 e. The van der Waals surface area contributed by atoms with Crippen LogP contribution in [0.5, 0.6) is 0 Å². The first kappa shape index (κ1) is 44.6. The molecule has 0 aromatic heterocycles. The molecule has 5 rings (SSSR count). The summed E-state index contributed by atoms with van der Waals surface area (Å²) in [7, 11) is 4.24. The van der Waals surface area contributed by atoms with Gasteiger partial charge in [0.2, 0.25) is 0 Å². The number of quaternary nitrogens is 1. The van der Waals surface area contributed by atoms with Gasteiger partial charge in [0.25, 0.3) is 0 Å². The number of benzene rings is 5. The lowest BCUT2D eigenvalue weighted by atomic mass is 9.12. The van der Waals surface area contributed by atoms with Gasteiger partial charge >= 0.3 is 0 Å². The second-order valence-electron chi connectivity index (χ2n) is 11.2. The summed E-state index contributed by atoms with van der Waals surface area (Å²) in [4.78, 5) is 1.37. The third kappa shape index (κ3) is 6.78. The van der Waals surface area contributed by atoms with Gasteiger partial charge in [0, 0.05) is 0 Å². The molecule has 5 aromatic rings. The standard InChI is InChI=1S/C24BF20.C8H11N.BrH/c26-5-1(6(27)14(35)21(42)13(5)34)25(2-7(28)15(36)22(43)16(37)8(2)29,3-9(30)17(38)23(44)18(39)10(3)31)4-11(32)19(40)24(45)20(41)12(4)33;1-9(2)8-6-4-3-5-7-8;/h;3-7H,1-2H3;1H/q-1;;. The number of rotatable bonds is 5. The maximum absolute atomic E-state index is 15.4. The highest BCUT2D eigenvalue weighted by atomic mass is 79.9. The molecule has 0 aliphatic rings. The third-order valence-electron chi connectivity index (χ3n) is 8.06. The average Bonchev–Trinajstić information content (AvgIpc) is 3.15. The van der Waals surface area contributed by atoms with E-state index in [-0.39, 0.29) is 17.0 Å². The van der Waals surface area contributed by atoms with Crippen molar-refractivity contribution >= 4 is 33.7 Å². The zero-order chi connectivity index (χ0) is 41.0. The van der Waals surface area contributed by atoms with Crippen LogP contribution in [0, 0.1) is 116 Å². The Kier molecular flexibility index (Phi) is 13.1. The molecular formula is C32H12BBrF20N-. The van der Waals surface area contributed by atoms with Crippen LogP contribution in [0.25, 0.3) is 0 Å². The van der Waals surface area contributed by atoms with Gasteiger partial charge in [-0.1, -0.05) is 18.2 Å². The van der Waals surface area contributed by atoms with Crippen molar-refractivity contribution in [3.05, 3.63) is 147 Å². The van der Waals surface area contributed by atoms with Crippen molar-refractivity contribution < 1.29 is 110 Å². The molecule has 0 saturated heterocycles. The highest BCUT2D eigenvalue weighted by Crippen LogP contribution is 2.30. The highest BCUT2D eigenvalue weighted by Gasteiger charge is 2.52. The van der Waals surface area contributed by atoms with E-state index in [1.807, 2.05) is 6.07 Å². The van der Waals surface area contributed by atoms with Crippen LogP contribution in [0.15, 0.2) is 30.3 Å². The van der Waals surface area contributed by atoms with E-state index in [0.29, 0.717) is 0 Å². The van der Waals surface area contributed by atoms with E-state index in [1.54, 1.807) is 0 Å². The molecule has 0 aliphatic carbocycles. The quantitative estimate of drug-likeness (QED) is 0.120. The Hall–Kier alpha value is -4.80. The summed E-state index contributed by atoms with van der Waals surface area (Å²) in [5.41, 5.74) is -13.0. The molecule has 23 heteroatoms. The van der Waals surface area contributed by atoms with Gasteiger partial charge in [-0.25, -0.2) is 87.8 Å². The van der Waals surface area contributed by atoms with Gasteiger partial charge in [-0.2, -0.15) is 0 Å². The Morgan fingerprint density at radius 3 is 0.600 bits per heavy atom. The first-order valence-electron chi connectivity index (χ1n) is 14.1. The lowest BCUT2D eigenvalue weighted by Crippen LogP contribution is -3.00. The maximum Gasteiger partial charge on any atom is 0.200 e. The van der Waals surface area contributed by atoms with Crippen molar-refractivity contribution in [2.75, 3.05) is 14.1 Å². The van der Waals surface area contributed by atoms with Crippen molar-refractivity contribution in [2.24, 2.45) is 0 Å². The highest BCUT2D eigenvalue weighted by molar-refractivity contribution is 7.20. The number of para-hydroxylation sites is 1. The van der Waals surface area contributed by atoms with Crippen LogP contribution in [-0.4, -0.2) is 20.2 Å². The maximum atomic E-state index is 15.4. The summed E-state index contributed by atoms with van der Waals surface area (Å²) in [6.07, 6.45) is -7.22. The first-order valence-corrected chi connectivity index (χ1v) is 14.1. The van der Waals surface area contributed by atoms with Gasteiger partial charge in [-0.15, -0.1) is 21.9 Å². The van der Waals surface area contributed by atoms with E-state index in [4.69, 9.17) is 0 Å². The van der Waals surface area contributed by atoms with Crippen molar-refractivity contribution in [1.82, 2.24) is 0 Å². The van der Waals surface area contributed by atoms with E-state index in [2.05, 4.69) is 38.4 Å². The minimum atomic E-state index is -7.22. The molecule has 0 saturated carbocycles. The summed E-state index contributed by atoms with van der Waals surface area (Å²) >= 11 is 0. The Bertz CT molecular complexity index is 1940. The number of hydrogen-bond donors (Lipinski definition) is 1. The van der Waals surface area contributed by atoms with Gasteiger partial charge in [0.1, 0.15) is 58.4 Å². The predicted molar refractivity (Wildman–Crippen MR) is 148 cm³/mol. The van der Waals surface area contributed by atoms with Gasteiger partial charge in [0.05, 0.1) is 14.1 Å². The van der Waals surface area contributed by atoms with E-state index in [1.165, 1.54) is 10.6 Å². The summed E-state index contributed by atoms with van der Waals surface area (Å²) in [6.45, 7) is 0. The van der Waals surface area contributed by atoms with E-state index in [9.17, 15) is 52.7 Å². The topological polar surface area (TPSA) is 4.44 Å². The van der Waals surface area contributed by atoms with Crippen LogP contribution in [0.1, 0.15) is 0 Å². The smallest absolute Gasteiger partial charge is 0.200 e. The van der Waals surface area contributed by atoms with E-state index >= 15 is 35.1 Å². The molecule has 0 fully saturated rings. The summed E-state index contributed by atoms with van der Waals surface area (Å²) in [5.74, 6) is -71.4. The molecule has 0 bridgehead atoms. The van der Waals surface area contributed by atoms with Gasteiger partial charge in [-0.05, 0) is 12.1 Å². The second kappa shape index (κ2) is 16.1. The monoisotopic (exact) mass is 880 g/mol. The number of hydrogen-bond acceptors (Lipinski definition) is 0. The molecule has 0 aliphatic heterocycles. The van der Waals surface area contributed by atoms with E-state index < -0.39 is 144 Å². The Balaban J connectivity index is 0.000000712. The molecular weight excluding hydrogens is 869 g/mol. The number of halogens is 21. The zero-order valence-electron chi connectivity index (χ0n) is 26.4. The van der Waals surface area contributed by atoms with Crippen LogP contribution < -0.4 is 43.7 Å². The SMILES string of the molecule is C[NH+](C)c1ccccc1.Fc1c(F)c(F)c([B-](c2c(F)c(F)c(F)c(F)c2F)(c2c(F)c(F)c(F)c(F)c2F)c2c(F)c(F)c(F)c(F)c2F)c(F)c1F.[Br-]. The van der Waals surface area contributed by atoms with Crippen LogP contribution >= 0.6 is 0 Å². The predicted octanol–water partition coefficient (Wildman–Crippen LogP) is 3.31. The fraction of sp³-hybridized carbons (Fsp3) is 0.0625. The third-order valence-corrected chi connectivity index (χ3v) is 8.06. The molecule has 0 spiro atoms. The largest absolute Gasteiger partial charge is 1.00 e. The van der Waals surface area contributed by atoms with Gasteiger partial charge in [0.15, 0.2) is 69.8 Å². The molecule has 55 heavy (non-hydrogen) atoms. The minimum absolute atomic E-state index is 0. The van der Waals surface area contributed by atoms with Gasteiger partial charge in [-0.3, -0.25) is 0 Å². The molecule has 5 aromatic carbocycles. The molecule has 0 amide bonds. The van der Waals surface area contributed by atoms with Crippen LogP contribution in [0.2, 0.25) is 0 Å². The second-order valence-corrected chi connectivity index (χ2v) is 11.2. The molecule has 0 heterocycles. The molecule has 0 radical (unpaired) electrons. The van der Waals surface area contributed by atoms with Crippen LogP contribution in [0.4, 0.5) is 93.5 Å². The molecule has 296 valence electrons. The molecule has 0 unspecified atom stereocenters. The fourth-order valence-corrected chi connectivity index (χ4v) is 5.65. The summed E-state index contributed by atoms with van der Waals surface area (Å²) < 4.78 is 294. The Morgan fingerprint density at radius 1 is 0.291 bits per heavy atom.